The summed E-state index contributed by atoms with van der Waals surface area (Å²) < 4.78 is 8.91. The zero-order valence-electron chi connectivity index (χ0n) is 53.8. The van der Waals surface area contributed by atoms with Crippen LogP contribution in [0.4, 0.5) is 0 Å². The molecule has 466 valence electrons. The summed E-state index contributed by atoms with van der Waals surface area (Å²) in [5, 5.41) is 4.25. The van der Waals surface area contributed by atoms with E-state index >= 15 is 0 Å². The van der Waals surface area contributed by atoms with E-state index in [0.29, 0.717) is 5.76 Å². The third kappa shape index (κ3) is 11.6. The molecular formula is C89H59N9O. The number of rotatable bonds is 12. The lowest BCUT2D eigenvalue weighted by molar-refractivity contribution is 0.595. The highest BCUT2D eigenvalue weighted by Crippen LogP contribution is 2.43. The van der Waals surface area contributed by atoms with Crippen molar-refractivity contribution in [3.63, 3.8) is 0 Å². The molecule has 0 atom stereocenters. The van der Waals surface area contributed by atoms with Gasteiger partial charge in [0.05, 0.1) is 33.5 Å². The monoisotopic (exact) mass is 1270 g/mol. The van der Waals surface area contributed by atoms with Crippen LogP contribution in [0.2, 0.25) is 0 Å². The second-order valence-electron chi connectivity index (χ2n) is 24.4. The van der Waals surface area contributed by atoms with Gasteiger partial charge in [0.25, 0.3) is 0 Å². The third-order valence-corrected chi connectivity index (χ3v) is 18.4. The van der Waals surface area contributed by atoms with Crippen molar-refractivity contribution in [1.29, 1.82) is 0 Å². The van der Waals surface area contributed by atoms with E-state index in [0.717, 1.165) is 172 Å². The summed E-state index contributed by atoms with van der Waals surface area (Å²) >= 11 is 0. The zero-order valence-corrected chi connectivity index (χ0v) is 53.8. The van der Waals surface area contributed by atoms with Crippen LogP contribution in [0.25, 0.3) is 178 Å². The van der Waals surface area contributed by atoms with E-state index in [1.165, 1.54) is 0 Å². The molecule has 0 spiro atoms. The molecule has 0 N–H and O–H groups in total. The lowest BCUT2D eigenvalue weighted by Gasteiger charge is -2.15. The normalized spacial score (nSPS) is 11.3. The number of furan rings is 1. The van der Waals surface area contributed by atoms with E-state index in [4.69, 9.17) is 24.4 Å². The Bertz CT molecular complexity index is 5840. The maximum Gasteiger partial charge on any atom is 0.153 e. The molecule has 0 aliphatic heterocycles. The van der Waals surface area contributed by atoms with Gasteiger partial charge in [0.15, 0.2) is 5.76 Å². The first-order chi connectivity index (χ1) is 49.0. The zero-order chi connectivity index (χ0) is 66.0. The van der Waals surface area contributed by atoms with Gasteiger partial charge in [0.2, 0.25) is 0 Å². The smallest absolute Gasteiger partial charge is 0.153 e. The minimum Gasteiger partial charge on any atom is -0.454 e. The number of benzene rings is 8. The SMILES string of the molecule is Cn1c(-c2cc(-c3cccnc3)cc(-c3cccnc3)c2)ccc1-c1cc(-c2ccccc2)c2ccc3c(-c4ccccc4)ccnc3c2n1.c1ccc(-c2ccnc3c2ccc2c(-c4ccccc4)cc(-c4ccc(-c5cc(-c6cccnc6)cc(-c6cccnc6)c5)o4)nc23)cc1. The molecule has 0 bridgehead atoms. The molecule has 10 heterocycles. The number of nitrogens with zero attached hydrogens (tertiary/aromatic N) is 9. The van der Waals surface area contributed by atoms with Crippen LogP contribution in [0, 0.1) is 0 Å². The third-order valence-electron chi connectivity index (χ3n) is 18.4. The predicted molar refractivity (Wildman–Crippen MR) is 402 cm³/mol. The van der Waals surface area contributed by atoms with Crippen molar-refractivity contribution in [2.24, 2.45) is 7.05 Å². The Morgan fingerprint density at radius 2 is 0.586 bits per heavy atom. The molecule has 0 radical (unpaired) electrons. The van der Waals surface area contributed by atoms with E-state index < -0.39 is 0 Å². The summed E-state index contributed by atoms with van der Waals surface area (Å²) in [4.78, 5) is 38.0. The Kier molecular flexibility index (Phi) is 15.6. The van der Waals surface area contributed by atoms with E-state index in [2.05, 4.69) is 256 Å². The summed E-state index contributed by atoms with van der Waals surface area (Å²) in [5.41, 5.74) is 26.7. The summed E-state index contributed by atoms with van der Waals surface area (Å²) in [6.45, 7) is 0. The summed E-state index contributed by atoms with van der Waals surface area (Å²) in [6.07, 6.45) is 18.5. The van der Waals surface area contributed by atoms with Gasteiger partial charge in [0.1, 0.15) is 11.5 Å². The summed E-state index contributed by atoms with van der Waals surface area (Å²) in [7, 11) is 2.12. The van der Waals surface area contributed by atoms with Crippen molar-refractivity contribution in [1.82, 2.24) is 44.4 Å². The number of aromatic nitrogens is 9. The fourth-order valence-corrected chi connectivity index (χ4v) is 13.5. The molecule has 10 heteroatoms. The first kappa shape index (κ1) is 59.3. The van der Waals surface area contributed by atoms with Gasteiger partial charge in [-0.3, -0.25) is 29.9 Å². The Morgan fingerprint density at radius 3 is 1.00 bits per heavy atom. The Labute approximate surface area is 571 Å². The van der Waals surface area contributed by atoms with Crippen molar-refractivity contribution < 1.29 is 4.42 Å². The van der Waals surface area contributed by atoms with Crippen molar-refractivity contribution in [3.05, 3.63) is 341 Å². The lowest BCUT2D eigenvalue weighted by atomic mass is 9.95. The van der Waals surface area contributed by atoms with Gasteiger partial charge in [-0.1, -0.05) is 170 Å². The first-order valence-corrected chi connectivity index (χ1v) is 32.9. The van der Waals surface area contributed by atoms with Crippen LogP contribution in [-0.4, -0.2) is 44.4 Å². The molecule has 10 nitrogen and oxygen atoms in total. The molecule has 0 saturated heterocycles. The number of hydrogen-bond donors (Lipinski definition) is 0. The molecule has 0 amide bonds. The Hall–Kier alpha value is -13.4. The van der Waals surface area contributed by atoms with Gasteiger partial charge >= 0.3 is 0 Å². The number of fused-ring (bicyclic) bond motifs is 6. The Morgan fingerprint density at radius 1 is 0.242 bits per heavy atom. The molecule has 0 aliphatic rings. The lowest BCUT2D eigenvalue weighted by Crippen LogP contribution is -1.99. The van der Waals surface area contributed by atoms with Gasteiger partial charge < -0.3 is 8.98 Å². The average Bonchev–Trinajstić information content (AvgIpc) is 1.58. The minimum absolute atomic E-state index is 0.681. The fraction of sp³-hybridized carbons (Fsp3) is 0.0112. The van der Waals surface area contributed by atoms with Gasteiger partial charge in [0, 0.05) is 124 Å². The molecule has 0 aliphatic carbocycles. The maximum absolute atomic E-state index is 6.67. The molecule has 99 heavy (non-hydrogen) atoms. The van der Waals surface area contributed by atoms with Gasteiger partial charge in [-0.25, -0.2) is 9.97 Å². The highest BCUT2D eigenvalue weighted by atomic mass is 16.3. The molecule has 0 unspecified atom stereocenters. The van der Waals surface area contributed by atoms with Gasteiger partial charge in [-0.05, 0) is 182 Å². The van der Waals surface area contributed by atoms with Gasteiger partial charge in [-0.15, -0.1) is 0 Å². The highest BCUT2D eigenvalue weighted by molar-refractivity contribution is 6.14. The summed E-state index contributed by atoms with van der Waals surface area (Å²) in [6, 6.07) is 96.9. The fourth-order valence-electron chi connectivity index (χ4n) is 13.5. The van der Waals surface area contributed by atoms with Crippen molar-refractivity contribution >= 4 is 43.6 Å². The van der Waals surface area contributed by atoms with Crippen LogP contribution >= 0.6 is 0 Å². The van der Waals surface area contributed by atoms with Crippen LogP contribution in [-0.2, 0) is 7.05 Å². The molecule has 0 fully saturated rings. The molecule has 8 aromatic carbocycles. The molecule has 10 aromatic heterocycles. The topological polar surface area (TPSA) is 121 Å². The predicted octanol–water partition coefficient (Wildman–Crippen LogP) is 22.1. The molecule has 18 aromatic rings. The van der Waals surface area contributed by atoms with E-state index in [1.54, 1.807) is 24.8 Å². The van der Waals surface area contributed by atoms with E-state index in [9.17, 15) is 0 Å². The van der Waals surface area contributed by atoms with Crippen molar-refractivity contribution in [3.8, 4) is 134 Å². The number of hydrogen-bond acceptors (Lipinski definition) is 9. The minimum atomic E-state index is 0.681. The van der Waals surface area contributed by atoms with Crippen molar-refractivity contribution in [2.75, 3.05) is 0 Å². The second kappa shape index (κ2) is 26.0. The average molecular weight is 1270 g/mol. The quantitative estimate of drug-likeness (QED) is 0.110. The van der Waals surface area contributed by atoms with Gasteiger partial charge in [-0.2, -0.15) is 0 Å². The molecule has 0 saturated carbocycles. The first-order valence-electron chi connectivity index (χ1n) is 32.9. The molecular weight excluding hydrogens is 1210 g/mol. The van der Waals surface area contributed by atoms with Crippen LogP contribution < -0.4 is 0 Å². The standard InChI is InChI=1S/C45H31N5.C44H28N4O/c1-50-42(36-25-34(32-14-8-21-46-28-32)24-35(26-36)33-15-9-22-47-29-33)18-19-43(50)41-27-40(31-12-6-3-7-13-31)39-17-16-38-37(30-10-4-2-5-11-30)20-23-48-44(38)45(39)49-41;1-3-9-29(10-4-1)36-19-22-47-43-37(36)15-16-38-39(30-11-5-2-6-12-30)26-40(48-44(38)43)42-18-17-41(49-42)35-24-33(31-13-7-20-45-27-31)23-34(25-35)32-14-8-21-46-28-32/h2-29H,1H3;1-28H. The van der Waals surface area contributed by atoms with E-state index in [1.807, 2.05) is 91.8 Å². The largest absolute Gasteiger partial charge is 0.454 e. The van der Waals surface area contributed by atoms with E-state index in [-0.39, 0.29) is 0 Å². The summed E-state index contributed by atoms with van der Waals surface area (Å²) in [5.74, 6) is 1.43. The van der Waals surface area contributed by atoms with Crippen LogP contribution in [0.1, 0.15) is 0 Å². The molecule has 18 rings (SSSR count). The van der Waals surface area contributed by atoms with Crippen molar-refractivity contribution in [2.45, 2.75) is 0 Å². The number of pyridine rings is 8. The highest BCUT2D eigenvalue weighted by Gasteiger charge is 2.21. The maximum atomic E-state index is 6.67. The van der Waals surface area contributed by atoms with Crippen LogP contribution in [0.5, 0.6) is 0 Å². The van der Waals surface area contributed by atoms with Crippen LogP contribution in [0.3, 0.4) is 0 Å². The second-order valence-corrected chi connectivity index (χ2v) is 24.4. The Balaban J connectivity index is 0.000000148. The van der Waals surface area contributed by atoms with Crippen LogP contribution in [0.15, 0.2) is 345 Å².